The summed E-state index contributed by atoms with van der Waals surface area (Å²) in [6, 6.07) is 5.01. The Morgan fingerprint density at radius 3 is 2.89 bits per heavy atom. The van der Waals surface area contributed by atoms with E-state index in [1.54, 1.807) is 0 Å². The van der Waals surface area contributed by atoms with Crippen LogP contribution in [0.2, 0.25) is 0 Å². The van der Waals surface area contributed by atoms with E-state index in [-0.39, 0.29) is 0 Å². The Balaban J connectivity index is 2.10. The number of rotatable bonds is 6. The largest absolute Gasteiger partial charge is 0.346 e. The van der Waals surface area contributed by atoms with Crippen molar-refractivity contribution < 1.29 is 0 Å². The third kappa shape index (κ3) is 3.48. The summed E-state index contributed by atoms with van der Waals surface area (Å²) in [5.41, 5.74) is 2.34. The van der Waals surface area contributed by atoms with E-state index in [0.717, 1.165) is 30.6 Å². The summed E-state index contributed by atoms with van der Waals surface area (Å²) in [7, 11) is 0. The molecule has 0 aliphatic heterocycles. The summed E-state index contributed by atoms with van der Waals surface area (Å²) < 4.78 is 0. The molecule has 0 atom stereocenters. The molecule has 1 saturated carbocycles. The van der Waals surface area contributed by atoms with E-state index in [1.807, 2.05) is 6.92 Å². The van der Waals surface area contributed by atoms with Gasteiger partial charge in [-0.1, -0.05) is 5.92 Å². The molecule has 1 aromatic heterocycles. The number of anilines is 1. The Bertz CT molecular complexity index is 444. The molecule has 2 rings (SSSR count). The first kappa shape index (κ1) is 12.9. The van der Waals surface area contributed by atoms with Crippen molar-refractivity contribution in [3.63, 3.8) is 0 Å². The van der Waals surface area contributed by atoms with Crippen LogP contribution in [0.1, 0.15) is 31.0 Å². The second-order valence-electron chi connectivity index (χ2n) is 4.85. The van der Waals surface area contributed by atoms with Crippen molar-refractivity contribution in [2.45, 2.75) is 39.3 Å². The maximum atomic E-state index is 5.39. The number of nitrogens with one attached hydrogen (secondary N) is 1. The van der Waals surface area contributed by atoms with Crippen molar-refractivity contribution in [1.29, 1.82) is 0 Å². The zero-order valence-corrected chi connectivity index (χ0v) is 11.2. The quantitative estimate of drug-likeness (QED) is 0.776. The molecule has 0 amide bonds. The molecule has 0 saturated heterocycles. The van der Waals surface area contributed by atoms with Crippen LogP contribution in [0, 0.1) is 19.3 Å². The lowest BCUT2D eigenvalue weighted by Gasteiger charge is -2.20. The fourth-order valence-corrected chi connectivity index (χ4v) is 2.00. The van der Waals surface area contributed by atoms with Gasteiger partial charge in [0.25, 0.3) is 0 Å². The van der Waals surface area contributed by atoms with Crippen LogP contribution in [0.3, 0.4) is 0 Å². The van der Waals surface area contributed by atoms with Crippen LogP contribution in [-0.2, 0) is 6.54 Å². The minimum absolute atomic E-state index is 0.614. The molecule has 1 aliphatic carbocycles. The van der Waals surface area contributed by atoms with Crippen molar-refractivity contribution in [2.24, 2.45) is 0 Å². The van der Waals surface area contributed by atoms with Crippen LogP contribution in [0.15, 0.2) is 12.1 Å². The fraction of sp³-hybridized carbons (Fsp3) is 0.533. The summed E-state index contributed by atoms with van der Waals surface area (Å²) in [6.45, 7) is 6.56. The molecule has 0 radical (unpaired) electrons. The number of aryl methyl sites for hydroxylation is 1. The van der Waals surface area contributed by atoms with Crippen LogP contribution in [0.5, 0.6) is 0 Å². The Morgan fingerprint density at radius 1 is 1.50 bits per heavy atom. The van der Waals surface area contributed by atoms with Gasteiger partial charge >= 0.3 is 0 Å². The van der Waals surface area contributed by atoms with E-state index in [2.05, 4.69) is 40.2 Å². The molecular formula is C15H21N3. The number of hydrogen-bond donors (Lipinski definition) is 1. The molecule has 18 heavy (non-hydrogen) atoms. The smallest absolute Gasteiger partial charge is 0.129 e. The van der Waals surface area contributed by atoms with Crippen LogP contribution >= 0.6 is 0 Å². The van der Waals surface area contributed by atoms with E-state index in [1.165, 1.54) is 18.4 Å². The molecule has 3 heteroatoms. The third-order valence-corrected chi connectivity index (χ3v) is 3.16. The number of nitrogens with zero attached hydrogens (tertiary/aromatic N) is 2. The van der Waals surface area contributed by atoms with Gasteiger partial charge in [-0.25, -0.2) is 4.98 Å². The van der Waals surface area contributed by atoms with Gasteiger partial charge in [-0.15, -0.1) is 6.42 Å². The molecule has 1 fully saturated rings. The lowest BCUT2D eigenvalue weighted by Crippen LogP contribution is -2.24. The van der Waals surface area contributed by atoms with Gasteiger partial charge in [0, 0.05) is 24.8 Å². The molecule has 0 aromatic carbocycles. The van der Waals surface area contributed by atoms with Gasteiger partial charge < -0.3 is 10.2 Å². The highest BCUT2D eigenvalue weighted by Crippen LogP contribution is 2.20. The second-order valence-corrected chi connectivity index (χ2v) is 4.85. The van der Waals surface area contributed by atoms with Crippen molar-refractivity contribution in [3.8, 4) is 12.3 Å². The van der Waals surface area contributed by atoms with E-state index < -0.39 is 0 Å². The summed E-state index contributed by atoms with van der Waals surface area (Å²) in [6.07, 6.45) is 8.02. The maximum Gasteiger partial charge on any atom is 0.129 e. The zero-order chi connectivity index (χ0) is 13.0. The summed E-state index contributed by atoms with van der Waals surface area (Å²) in [5, 5.41) is 3.53. The van der Waals surface area contributed by atoms with Gasteiger partial charge in [-0.3, -0.25) is 0 Å². The average molecular weight is 243 g/mol. The van der Waals surface area contributed by atoms with E-state index >= 15 is 0 Å². The molecule has 96 valence electrons. The minimum atomic E-state index is 0.614. The van der Waals surface area contributed by atoms with E-state index in [0.29, 0.717) is 6.54 Å². The molecule has 1 aromatic rings. The SMILES string of the molecule is C#CCN(CC)c1cc(CNC2CC2)cc(C)n1. The highest BCUT2D eigenvalue weighted by molar-refractivity contribution is 5.43. The summed E-state index contributed by atoms with van der Waals surface area (Å²) >= 11 is 0. The van der Waals surface area contributed by atoms with Gasteiger partial charge in [0.15, 0.2) is 0 Å². The number of pyridine rings is 1. The summed E-state index contributed by atoms with van der Waals surface area (Å²) in [5.74, 6) is 3.68. The number of hydrogen-bond acceptors (Lipinski definition) is 3. The second kappa shape index (κ2) is 5.88. The topological polar surface area (TPSA) is 28.2 Å². The predicted octanol–water partition coefficient (Wildman–Crippen LogP) is 2.10. The molecule has 0 unspecified atom stereocenters. The monoisotopic (exact) mass is 243 g/mol. The van der Waals surface area contributed by atoms with Crippen LogP contribution < -0.4 is 10.2 Å². The first-order chi connectivity index (χ1) is 8.72. The maximum absolute atomic E-state index is 5.39. The first-order valence-corrected chi connectivity index (χ1v) is 6.62. The molecule has 1 aliphatic rings. The van der Waals surface area contributed by atoms with E-state index in [9.17, 15) is 0 Å². The Labute approximate surface area is 110 Å². The normalized spacial score (nSPS) is 14.3. The molecular weight excluding hydrogens is 222 g/mol. The van der Waals surface area contributed by atoms with Gasteiger partial charge in [0.2, 0.25) is 0 Å². The van der Waals surface area contributed by atoms with Crippen LogP contribution in [0.25, 0.3) is 0 Å². The first-order valence-electron chi connectivity index (χ1n) is 6.62. The van der Waals surface area contributed by atoms with Gasteiger partial charge in [-0.05, 0) is 44.4 Å². The third-order valence-electron chi connectivity index (χ3n) is 3.16. The number of terminal acetylenes is 1. The Hall–Kier alpha value is -1.53. The van der Waals surface area contributed by atoms with Crippen LogP contribution in [-0.4, -0.2) is 24.1 Å². The van der Waals surface area contributed by atoms with Crippen molar-refractivity contribution >= 4 is 5.82 Å². The molecule has 1 heterocycles. The highest BCUT2D eigenvalue weighted by atomic mass is 15.2. The van der Waals surface area contributed by atoms with Crippen molar-refractivity contribution in [3.05, 3.63) is 23.4 Å². The average Bonchev–Trinajstić information content (AvgIpc) is 3.16. The van der Waals surface area contributed by atoms with Crippen LogP contribution in [0.4, 0.5) is 5.82 Å². The molecule has 0 bridgehead atoms. The lowest BCUT2D eigenvalue weighted by atomic mass is 10.2. The summed E-state index contributed by atoms with van der Waals surface area (Å²) in [4.78, 5) is 6.69. The lowest BCUT2D eigenvalue weighted by molar-refractivity contribution is 0.686. The standard InChI is InChI=1S/C15H21N3/c1-4-8-18(5-2)15-10-13(9-12(3)17-15)11-16-14-6-7-14/h1,9-10,14,16H,5-8,11H2,2-3H3. The minimum Gasteiger partial charge on any atom is -0.346 e. The Kier molecular flexibility index (Phi) is 4.22. The Morgan fingerprint density at radius 2 is 2.28 bits per heavy atom. The van der Waals surface area contributed by atoms with E-state index in [4.69, 9.17) is 6.42 Å². The molecule has 1 N–H and O–H groups in total. The highest BCUT2D eigenvalue weighted by Gasteiger charge is 2.20. The number of aromatic nitrogens is 1. The molecule has 3 nitrogen and oxygen atoms in total. The predicted molar refractivity (Wildman–Crippen MR) is 75.6 cm³/mol. The van der Waals surface area contributed by atoms with Gasteiger partial charge in [-0.2, -0.15) is 0 Å². The zero-order valence-electron chi connectivity index (χ0n) is 11.2. The van der Waals surface area contributed by atoms with Gasteiger partial charge in [0.05, 0.1) is 6.54 Å². The van der Waals surface area contributed by atoms with Gasteiger partial charge in [0.1, 0.15) is 5.82 Å². The van der Waals surface area contributed by atoms with Crippen molar-refractivity contribution in [2.75, 3.05) is 18.0 Å². The molecule has 0 spiro atoms. The fourth-order valence-electron chi connectivity index (χ4n) is 2.00. The van der Waals surface area contributed by atoms with Crippen molar-refractivity contribution in [1.82, 2.24) is 10.3 Å².